The Morgan fingerprint density at radius 1 is 1.28 bits per heavy atom. The molecule has 4 nitrogen and oxygen atoms in total. The summed E-state index contributed by atoms with van der Waals surface area (Å²) >= 11 is 13.5. The molecule has 1 amide bonds. The van der Waals surface area contributed by atoms with Crippen molar-refractivity contribution in [3.05, 3.63) is 52.4 Å². The topological polar surface area (TPSA) is 55.4 Å². The molecule has 1 unspecified atom stereocenters. The Balaban J connectivity index is 1.84. The summed E-state index contributed by atoms with van der Waals surface area (Å²) in [7, 11) is 1.31. The zero-order valence-corrected chi connectivity index (χ0v) is 16.1. The summed E-state index contributed by atoms with van der Waals surface area (Å²) in [6.45, 7) is 1.71. The molecule has 1 aliphatic rings. The van der Waals surface area contributed by atoms with Crippen LogP contribution in [0, 0.1) is 5.41 Å². The number of esters is 1. The van der Waals surface area contributed by atoms with Crippen molar-refractivity contribution < 1.29 is 14.3 Å². The van der Waals surface area contributed by atoms with Crippen LogP contribution in [0.5, 0.6) is 0 Å². The van der Waals surface area contributed by atoms with E-state index in [-0.39, 0.29) is 5.91 Å². The van der Waals surface area contributed by atoms with Crippen molar-refractivity contribution in [2.24, 2.45) is 5.41 Å². The highest BCUT2D eigenvalue weighted by atomic mass is 35.5. The lowest BCUT2D eigenvalue weighted by Gasteiger charge is -2.12. The summed E-state index contributed by atoms with van der Waals surface area (Å²) in [6, 6.07) is 11.6. The Morgan fingerprint density at radius 3 is 2.48 bits per heavy atom. The number of thiophene rings is 1. The maximum absolute atomic E-state index is 12.5. The fraction of sp³-hybridized carbons (Fsp3) is 0.333. The first-order chi connectivity index (χ1) is 11.8. The van der Waals surface area contributed by atoms with Crippen molar-refractivity contribution in [1.82, 2.24) is 0 Å². The third-order valence-electron chi connectivity index (χ3n) is 4.40. The monoisotopic (exact) mass is 397 g/mol. The molecule has 1 heterocycles. The van der Waals surface area contributed by atoms with Crippen LogP contribution in [0.3, 0.4) is 0 Å². The van der Waals surface area contributed by atoms with Crippen molar-refractivity contribution >= 4 is 51.4 Å². The van der Waals surface area contributed by atoms with Gasteiger partial charge in [-0.25, -0.2) is 4.79 Å². The Labute approximate surface area is 160 Å². The van der Waals surface area contributed by atoms with Gasteiger partial charge in [0.05, 0.1) is 18.1 Å². The fourth-order valence-electron chi connectivity index (χ4n) is 2.57. The minimum Gasteiger partial charge on any atom is -0.465 e. The largest absolute Gasteiger partial charge is 0.465 e. The number of anilines is 1. The van der Waals surface area contributed by atoms with E-state index < -0.39 is 15.7 Å². The van der Waals surface area contributed by atoms with Gasteiger partial charge in [0.25, 0.3) is 0 Å². The van der Waals surface area contributed by atoms with Gasteiger partial charge in [0.15, 0.2) is 0 Å². The lowest BCUT2D eigenvalue weighted by atomic mass is 10.1. The van der Waals surface area contributed by atoms with Crippen LogP contribution in [-0.2, 0) is 16.0 Å². The molecule has 1 N–H and O–H groups in total. The molecule has 0 aliphatic heterocycles. The van der Waals surface area contributed by atoms with Crippen LogP contribution in [0.4, 0.5) is 5.00 Å². The molecule has 0 bridgehead atoms. The van der Waals surface area contributed by atoms with Gasteiger partial charge < -0.3 is 10.1 Å². The number of amides is 1. The van der Waals surface area contributed by atoms with E-state index in [1.165, 1.54) is 18.4 Å². The molecule has 7 heteroatoms. The van der Waals surface area contributed by atoms with Gasteiger partial charge in [-0.05, 0) is 25.0 Å². The molecule has 1 atom stereocenters. The van der Waals surface area contributed by atoms with Gasteiger partial charge in [-0.1, -0.05) is 30.3 Å². The second-order valence-electron chi connectivity index (χ2n) is 6.28. The zero-order chi connectivity index (χ0) is 18.2. The van der Waals surface area contributed by atoms with E-state index in [0.29, 0.717) is 23.4 Å². The Morgan fingerprint density at radius 2 is 1.92 bits per heavy atom. The number of alkyl halides is 2. The highest BCUT2D eigenvalue weighted by molar-refractivity contribution is 7.16. The number of carbonyl (C=O) groups is 2. The number of rotatable bonds is 5. The third kappa shape index (κ3) is 3.54. The van der Waals surface area contributed by atoms with Crippen molar-refractivity contribution in [1.29, 1.82) is 0 Å². The highest BCUT2D eigenvalue weighted by Crippen LogP contribution is 2.64. The number of nitrogens with one attached hydrogen (secondary N) is 1. The van der Waals surface area contributed by atoms with E-state index in [0.717, 1.165) is 10.4 Å². The number of hydrogen-bond donors (Lipinski definition) is 1. The smallest absolute Gasteiger partial charge is 0.340 e. The molecule has 1 fully saturated rings. The van der Waals surface area contributed by atoms with Gasteiger partial charge in [-0.15, -0.1) is 34.5 Å². The minimum absolute atomic E-state index is 0.296. The minimum atomic E-state index is -1.06. The van der Waals surface area contributed by atoms with Crippen LogP contribution >= 0.6 is 34.5 Å². The van der Waals surface area contributed by atoms with Gasteiger partial charge in [0.2, 0.25) is 5.91 Å². The molecule has 3 rings (SSSR count). The summed E-state index contributed by atoms with van der Waals surface area (Å²) in [6.07, 6.45) is 1.04. The molecule has 1 aromatic carbocycles. The molecule has 132 valence electrons. The molecular weight excluding hydrogens is 381 g/mol. The molecule has 0 radical (unpaired) electrons. The second-order valence-corrected chi connectivity index (χ2v) is 8.90. The SMILES string of the molecule is COC(=O)c1cc(Cc2ccccc2)sc1NC(=O)C1(C)CC1(Cl)Cl. The van der Waals surface area contributed by atoms with Crippen LogP contribution < -0.4 is 5.32 Å². The lowest BCUT2D eigenvalue weighted by Crippen LogP contribution is -2.26. The summed E-state index contributed by atoms with van der Waals surface area (Å²) in [5, 5.41) is 3.26. The molecule has 25 heavy (non-hydrogen) atoms. The van der Waals surface area contributed by atoms with Gasteiger partial charge in [-0.2, -0.15) is 0 Å². The molecule has 1 aliphatic carbocycles. The first-order valence-electron chi connectivity index (χ1n) is 7.71. The first kappa shape index (κ1) is 18.2. The normalized spacial score (nSPS) is 20.8. The van der Waals surface area contributed by atoms with Crippen LogP contribution in [0.2, 0.25) is 0 Å². The number of methoxy groups -OCH3 is 1. The van der Waals surface area contributed by atoms with Gasteiger partial charge in [-0.3, -0.25) is 4.79 Å². The lowest BCUT2D eigenvalue weighted by molar-refractivity contribution is -0.120. The van der Waals surface area contributed by atoms with E-state index >= 15 is 0 Å². The second kappa shape index (κ2) is 6.63. The van der Waals surface area contributed by atoms with Gasteiger partial charge >= 0.3 is 5.97 Å². The van der Waals surface area contributed by atoms with Crippen LogP contribution in [-0.4, -0.2) is 23.3 Å². The van der Waals surface area contributed by atoms with Crippen molar-refractivity contribution in [3.8, 4) is 0 Å². The average Bonchev–Trinajstić information content (AvgIpc) is 2.91. The average molecular weight is 398 g/mol. The first-order valence-corrected chi connectivity index (χ1v) is 9.28. The number of hydrogen-bond acceptors (Lipinski definition) is 4. The number of halogens is 2. The quantitative estimate of drug-likeness (QED) is 0.589. The molecule has 0 spiro atoms. The molecule has 1 aromatic heterocycles. The van der Waals surface area contributed by atoms with E-state index in [4.69, 9.17) is 27.9 Å². The number of benzene rings is 1. The van der Waals surface area contributed by atoms with Crippen molar-refractivity contribution in [2.75, 3.05) is 12.4 Å². The van der Waals surface area contributed by atoms with Gasteiger partial charge in [0, 0.05) is 11.3 Å². The predicted octanol–water partition coefficient (Wildman–Crippen LogP) is 4.65. The van der Waals surface area contributed by atoms with Gasteiger partial charge in [0.1, 0.15) is 9.33 Å². The third-order valence-corrected chi connectivity index (χ3v) is 6.55. The van der Waals surface area contributed by atoms with Crippen LogP contribution in [0.1, 0.15) is 34.1 Å². The zero-order valence-electron chi connectivity index (χ0n) is 13.8. The Kier molecular flexibility index (Phi) is 4.84. The van der Waals surface area contributed by atoms with E-state index in [1.54, 1.807) is 13.0 Å². The Bertz CT molecular complexity index is 819. The van der Waals surface area contributed by atoms with Crippen molar-refractivity contribution in [3.63, 3.8) is 0 Å². The summed E-state index contributed by atoms with van der Waals surface area (Å²) in [4.78, 5) is 25.5. The number of ether oxygens (including phenoxy) is 1. The summed E-state index contributed by atoms with van der Waals surface area (Å²) in [5.74, 6) is -0.786. The molecule has 1 saturated carbocycles. The standard InChI is InChI=1S/C18H17Cl2NO3S/c1-17(10-18(17,19)20)16(23)21-14-13(15(22)24-2)9-12(25-14)8-11-6-4-3-5-7-11/h3-7,9H,8,10H2,1-2H3,(H,21,23). The molecule has 2 aromatic rings. The van der Waals surface area contributed by atoms with E-state index in [2.05, 4.69) is 5.32 Å². The maximum Gasteiger partial charge on any atom is 0.340 e. The number of carbonyl (C=O) groups excluding carboxylic acids is 2. The maximum atomic E-state index is 12.5. The Hall–Kier alpha value is -1.56. The predicted molar refractivity (Wildman–Crippen MR) is 101 cm³/mol. The summed E-state index contributed by atoms with van der Waals surface area (Å²) < 4.78 is 3.77. The van der Waals surface area contributed by atoms with E-state index in [1.807, 2.05) is 30.3 Å². The van der Waals surface area contributed by atoms with Crippen LogP contribution in [0.15, 0.2) is 36.4 Å². The summed E-state index contributed by atoms with van der Waals surface area (Å²) in [5.41, 5.74) is 0.603. The van der Waals surface area contributed by atoms with Crippen molar-refractivity contribution in [2.45, 2.75) is 24.1 Å². The molecular formula is C18H17Cl2NO3S. The highest BCUT2D eigenvalue weighted by Gasteiger charge is 2.68. The fourth-order valence-corrected chi connectivity index (χ4v) is 4.35. The van der Waals surface area contributed by atoms with Crippen LogP contribution in [0.25, 0.3) is 0 Å². The van der Waals surface area contributed by atoms with E-state index in [9.17, 15) is 9.59 Å². The molecule has 0 saturated heterocycles.